The molecule has 1 heterocycles. The number of hydrogen-bond donors (Lipinski definition) is 1. The van der Waals surface area contributed by atoms with E-state index < -0.39 is 0 Å². The largest absolute Gasteiger partial charge is 0.488 e. The molecule has 0 unspecified atom stereocenters. The number of ether oxygens (including phenoxy) is 1. The predicted molar refractivity (Wildman–Crippen MR) is 79.9 cm³/mol. The summed E-state index contributed by atoms with van der Waals surface area (Å²) in [4.78, 5) is 0. The Kier molecular flexibility index (Phi) is 3.42. The third-order valence-electron chi connectivity index (χ3n) is 4.62. The molecule has 1 aromatic carbocycles. The highest BCUT2D eigenvalue weighted by Gasteiger charge is 2.28. The lowest BCUT2D eigenvalue weighted by atomic mass is 9.76. The maximum Gasteiger partial charge on any atom is 0.143 e. The third-order valence-corrected chi connectivity index (χ3v) is 4.62. The van der Waals surface area contributed by atoms with Gasteiger partial charge in [0.2, 0.25) is 0 Å². The lowest BCUT2D eigenvalue weighted by molar-refractivity contribution is 0.0992. The first-order valence-electron chi connectivity index (χ1n) is 7.66. The fraction of sp³-hybridized carbons (Fsp3) is 0.647. The van der Waals surface area contributed by atoms with Crippen molar-refractivity contribution in [2.24, 2.45) is 5.41 Å². The van der Waals surface area contributed by atoms with Crippen LogP contribution in [0.1, 0.15) is 51.5 Å². The van der Waals surface area contributed by atoms with E-state index in [9.17, 15) is 0 Å². The first-order chi connectivity index (χ1) is 9.14. The van der Waals surface area contributed by atoms with Crippen LogP contribution in [0.4, 0.5) is 5.69 Å². The van der Waals surface area contributed by atoms with Crippen molar-refractivity contribution in [1.82, 2.24) is 0 Å². The van der Waals surface area contributed by atoms with Gasteiger partial charge in [-0.2, -0.15) is 0 Å². The van der Waals surface area contributed by atoms with Crippen molar-refractivity contribution in [3.05, 3.63) is 23.8 Å². The zero-order valence-corrected chi connectivity index (χ0v) is 12.2. The molecule has 0 spiro atoms. The number of nitrogens with one attached hydrogen (secondary N) is 1. The molecule has 0 saturated heterocycles. The van der Waals surface area contributed by atoms with Crippen molar-refractivity contribution in [2.75, 3.05) is 11.9 Å². The van der Waals surface area contributed by atoms with E-state index >= 15 is 0 Å². The lowest BCUT2D eigenvalue weighted by Gasteiger charge is -2.35. The first kappa shape index (κ1) is 12.8. The second-order valence-corrected chi connectivity index (χ2v) is 6.80. The molecule has 0 atom stereocenters. The molecule has 3 rings (SSSR count). The van der Waals surface area contributed by atoms with Crippen LogP contribution in [0.2, 0.25) is 0 Å². The van der Waals surface area contributed by atoms with E-state index in [0.717, 1.165) is 12.3 Å². The van der Waals surface area contributed by atoms with Crippen molar-refractivity contribution in [3.63, 3.8) is 0 Å². The summed E-state index contributed by atoms with van der Waals surface area (Å²) < 4.78 is 6.28. The molecule has 2 aliphatic rings. The molecule has 1 fully saturated rings. The van der Waals surface area contributed by atoms with E-state index in [-0.39, 0.29) is 0 Å². The smallest absolute Gasteiger partial charge is 0.143 e. The zero-order valence-electron chi connectivity index (χ0n) is 12.2. The summed E-state index contributed by atoms with van der Waals surface area (Å²) in [6.45, 7) is 5.81. The summed E-state index contributed by atoms with van der Waals surface area (Å²) in [6.07, 6.45) is 7.75. The summed E-state index contributed by atoms with van der Waals surface area (Å²) >= 11 is 0. The van der Waals surface area contributed by atoms with Crippen LogP contribution >= 0.6 is 0 Å². The standard InChI is InChI=1S/C17H25NO/c1-17(2)10-8-14(9-11-17)19-15-7-3-5-13-6-4-12-18-16(13)15/h3,5,7,14,18H,4,6,8-12H2,1-2H3. The molecule has 0 aromatic heterocycles. The number of rotatable bonds is 2. The van der Waals surface area contributed by atoms with E-state index in [1.165, 1.54) is 49.8 Å². The molecule has 1 aromatic rings. The molecule has 0 bridgehead atoms. The second kappa shape index (κ2) is 5.07. The van der Waals surface area contributed by atoms with Crippen LogP contribution in [-0.2, 0) is 6.42 Å². The zero-order chi connectivity index (χ0) is 13.3. The Morgan fingerprint density at radius 3 is 2.79 bits per heavy atom. The topological polar surface area (TPSA) is 21.3 Å². The normalized spacial score (nSPS) is 22.4. The van der Waals surface area contributed by atoms with Crippen LogP contribution in [-0.4, -0.2) is 12.6 Å². The van der Waals surface area contributed by atoms with Gasteiger partial charge in [-0.05, 0) is 55.6 Å². The van der Waals surface area contributed by atoms with Gasteiger partial charge < -0.3 is 10.1 Å². The number of hydrogen-bond acceptors (Lipinski definition) is 2. The summed E-state index contributed by atoms with van der Waals surface area (Å²) in [6, 6.07) is 6.48. The van der Waals surface area contributed by atoms with Crippen molar-refractivity contribution < 1.29 is 4.74 Å². The van der Waals surface area contributed by atoms with E-state index in [2.05, 4.69) is 37.4 Å². The quantitative estimate of drug-likeness (QED) is 0.850. The molecule has 2 nitrogen and oxygen atoms in total. The van der Waals surface area contributed by atoms with Gasteiger partial charge in [-0.3, -0.25) is 0 Å². The van der Waals surface area contributed by atoms with Gasteiger partial charge in [0.1, 0.15) is 5.75 Å². The van der Waals surface area contributed by atoms with Gasteiger partial charge in [-0.25, -0.2) is 0 Å². The molecule has 2 heteroatoms. The Morgan fingerprint density at radius 2 is 2.00 bits per heavy atom. The van der Waals surface area contributed by atoms with Crippen molar-refractivity contribution in [3.8, 4) is 5.75 Å². The fourth-order valence-electron chi connectivity index (χ4n) is 3.25. The molecular formula is C17H25NO. The van der Waals surface area contributed by atoms with E-state index in [1.807, 2.05) is 0 Å². The molecule has 0 amide bonds. The first-order valence-corrected chi connectivity index (χ1v) is 7.66. The maximum absolute atomic E-state index is 6.28. The van der Waals surface area contributed by atoms with Crippen LogP contribution in [0.15, 0.2) is 18.2 Å². The third kappa shape index (κ3) is 2.88. The summed E-state index contributed by atoms with van der Waals surface area (Å²) in [5, 5.41) is 3.51. The molecule has 1 saturated carbocycles. The summed E-state index contributed by atoms with van der Waals surface area (Å²) in [5.74, 6) is 1.07. The van der Waals surface area contributed by atoms with E-state index in [0.29, 0.717) is 11.5 Å². The van der Waals surface area contributed by atoms with Gasteiger partial charge in [0, 0.05) is 6.54 Å². The van der Waals surface area contributed by atoms with Gasteiger partial charge in [0.15, 0.2) is 0 Å². The van der Waals surface area contributed by atoms with Gasteiger partial charge >= 0.3 is 0 Å². The molecule has 104 valence electrons. The van der Waals surface area contributed by atoms with Crippen LogP contribution in [0.3, 0.4) is 0 Å². The SMILES string of the molecule is CC1(C)CCC(Oc2cccc3c2NCCC3)CC1. The molecule has 1 N–H and O–H groups in total. The van der Waals surface area contributed by atoms with Gasteiger partial charge in [-0.15, -0.1) is 0 Å². The Morgan fingerprint density at radius 1 is 1.21 bits per heavy atom. The second-order valence-electron chi connectivity index (χ2n) is 6.80. The Labute approximate surface area is 116 Å². The Bertz CT molecular complexity index is 443. The van der Waals surface area contributed by atoms with Crippen molar-refractivity contribution in [2.45, 2.75) is 58.5 Å². The average molecular weight is 259 g/mol. The average Bonchev–Trinajstić information content (AvgIpc) is 2.42. The minimum Gasteiger partial charge on any atom is -0.488 e. The van der Waals surface area contributed by atoms with Crippen molar-refractivity contribution >= 4 is 5.69 Å². The van der Waals surface area contributed by atoms with Crippen LogP contribution < -0.4 is 10.1 Å². The molecule has 1 aliphatic heterocycles. The molecule has 1 aliphatic carbocycles. The number of fused-ring (bicyclic) bond motifs is 1. The summed E-state index contributed by atoms with van der Waals surface area (Å²) in [5.41, 5.74) is 3.17. The van der Waals surface area contributed by atoms with Crippen LogP contribution in [0.5, 0.6) is 5.75 Å². The maximum atomic E-state index is 6.28. The minimum absolute atomic E-state index is 0.406. The highest BCUT2D eigenvalue weighted by Crippen LogP contribution is 2.39. The molecular weight excluding hydrogens is 234 g/mol. The van der Waals surface area contributed by atoms with Crippen LogP contribution in [0.25, 0.3) is 0 Å². The Balaban J connectivity index is 1.70. The van der Waals surface area contributed by atoms with Gasteiger partial charge in [0.25, 0.3) is 0 Å². The lowest BCUT2D eigenvalue weighted by Crippen LogP contribution is -2.28. The number of para-hydroxylation sites is 1. The summed E-state index contributed by atoms with van der Waals surface area (Å²) in [7, 11) is 0. The highest BCUT2D eigenvalue weighted by molar-refractivity contribution is 5.63. The van der Waals surface area contributed by atoms with E-state index in [4.69, 9.17) is 4.74 Å². The van der Waals surface area contributed by atoms with Crippen LogP contribution in [0, 0.1) is 5.41 Å². The highest BCUT2D eigenvalue weighted by atomic mass is 16.5. The molecule has 19 heavy (non-hydrogen) atoms. The van der Waals surface area contributed by atoms with Crippen molar-refractivity contribution in [1.29, 1.82) is 0 Å². The fourth-order valence-corrected chi connectivity index (χ4v) is 3.25. The number of aryl methyl sites for hydroxylation is 1. The monoisotopic (exact) mass is 259 g/mol. The molecule has 0 radical (unpaired) electrons. The predicted octanol–water partition coefficient (Wildman–Crippen LogP) is 4.39. The minimum atomic E-state index is 0.406. The van der Waals surface area contributed by atoms with E-state index in [1.54, 1.807) is 0 Å². The van der Waals surface area contributed by atoms with Gasteiger partial charge in [0.05, 0.1) is 11.8 Å². The number of benzene rings is 1. The van der Waals surface area contributed by atoms with Gasteiger partial charge in [-0.1, -0.05) is 26.0 Å². The number of anilines is 1. The Hall–Kier alpha value is -1.18.